The zero-order valence-corrected chi connectivity index (χ0v) is 21.2. The summed E-state index contributed by atoms with van der Waals surface area (Å²) in [5.74, 6) is -0.304. The van der Waals surface area contributed by atoms with Gasteiger partial charge in [0.05, 0.1) is 5.56 Å². The summed E-state index contributed by atoms with van der Waals surface area (Å²) in [6.45, 7) is 0. The summed E-state index contributed by atoms with van der Waals surface area (Å²) in [5, 5.41) is 2.18. The SMILES string of the molecule is CN(C)c1ccc(C2(c3ccc(N(C)C)c4ccccc34)OC(=O)c3cc(N(C)C)ccc32)cc1. The number of ether oxygens (including phenoxy) is 1. The normalized spacial score (nSPS) is 16.7. The summed E-state index contributed by atoms with van der Waals surface area (Å²) in [6, 6.07) is 26.9. The summed E-state index contributed by atoms with van der Waals surface area (Å²) < 4.78 is 6.45. The second-order valence-electron chi connectivity index (χ2n) is 9.71. The second kappa shape index (κ2) is 8.35. The Hall–Kier alpha value is -3.99. The molecule has 0 amide bonds. The lowest BCUT2D eigenvalue weighted by Gasteiger charge is -2.32. The standard InChI is InChI=1S/C30H31N3O2/c1-31(2)21-13-11-20(12-14-21)30(27-16-15-22(32(3)4)19-25(27)29(34)35-30)26-17-18-28(33(5)6)24-10-8-7-9-23(24)26/h7-19H,1-6H3. The Morgan fingerprint density at radius 2 is 1.23 bits per heavy atom. The topological polar surface area (TPSA) is 36.0 Å². The van der Waals surface area contributed by atoms with Gasteiger partial charge in [0.15, 0.2) is 5.60 Å². The van der Waals surface area contributed by atoms with Crippen molar-refractivity contribution >= 4 is 33.8 Å². The number of benzene rings is 4. The van der Waals surface area contributed by atoms with E-state index >= 15 is 0 Å². The van der Waals surface area contributed by atoms with E-state index in [1.54, 1.807) is 0 Å². The highest BCUT2D eigenvalue weighted by atomic mass is 16.6. The molecule has 0 saturated carbocycles. The van der Waals surface area contributed by atoms with Gasteiger partial charge in [0.25, 0.3) is 0 Å². The molecule has 4 aromatic carbocycles. The number of rotatable bonds is 5. The molecule has 0 radical (unpaired) electrons. The van der Waals surface area contributed by atoms with Crippen LogP contribution in [0, 0.1) is 0 Å². The van der Waals surface area contributed by atoms with Gasteiger partial charge in [-0.05, 0) is 35.7 Å². The van der Waals surface area contributed by atoms with Gasteiger partial charge < -0.3 is 19.4 Å². The van der Waals surface area contributed by atoms with E-state index in [-0.39, 0.29) is 5.97 Å². The fraction of sp³-hybridized carbons (Fsp3) is 0.233. The number of carbonyl (C=O) groups is 1. The van der Waals surface area contributed by atoms with E-state index in [4.69, 9.17) is 4.74 Å². The van der Waals surface area contributed by atoms with Crippen LogP contribution in [-0.4, -0.2) is 48.3 Å². The Bertz CT molecular complexity index is 1420. The van der Waals surface area contributed by atoms with Crippen molar-refractivity contribution in [3.8, 4) is 0 Å². The van der Waals surface area contributed by atoms with Crippen LogP contribution in [0.25, 0.3) is 10.8 Å². The number of esters is 1. The number of cyclic esters (lactones) is 1. The van der Waals surface area contributed by atoms with Crippen LogP contribution >= 0.6 is 0 Å². The minimum atomic E-state index is -1.05. The van der Waals surface area contributed by atoms with Gasteiger partial charge in [0.2, 0.25) is 0 Å². The van der Waals surface area contributed by atoms with Crippen molar-refractivity contribution in [3.63, 3.8) is 0 Å². The van der Waals surface area contributed by atoms with Crippen molar-refractivity contribution in [2.45, 2.75) is 5.60 Å². The van der Waals surface area contributed by atoms with Gasteiger partial charge in [-0.15, -0.1) is 0 Å². The third-order valence-corrected chi connectivity index (χ3v) is 6.92. The molecule has 1 aliphatic rings. The summed E-state index contributed by atoms with van der Waals surface area (Å²) in [7, 11) is 12.1. The zero-order valence-electron chi connectivity index (χ0n) is 21.2. The Labute approximate surface area is 207 Å². The van der Waals surface area contributed by atoms with Gasteiger partial charge in [0.1, 0.15) is 0 Å². The van der Waals surface area contributed by atoms with Gasteiger partial charge in [0, 0.05) is 81.4 Å². The molecule has 0 aliphatic carbocycles. The van der Waals surface area contributed by atoms with E-state index in [2.05, 4.69) is 70.5 Å². The fourth-order valence-corrected chi connectivity index (χ4v) is 5.08. The number of hydrogen-bond acceptors (Lipinski definition) is 5. The third-order valence-electron chi connectivity index (χ3n) is 6.92. The van der Waals surface area contributed by atoms with E-state index < -0.39 is 5.60 Å². The van der Waals surface area contributed by atoms with Crippen molar-refractivity contribution in [1.82, 2.24) is 0 Å². The molecule has 5 nitrogen and oxygen atoms in total. The Morgan fingerprint density at radius 3 is 1.86 bits per heavy atom. The maximum Gasteiger partial charge on any atom is 0.340 e. The minimum Gasteiger partial charge on any atom is -0.441 e. The lowest BCUT2D eigenvalue weighted by Crippen LogP contribution is -2.30. The molecule has 5 rings (SSSR count). The number of anilines is 3. The highest BCUT2D eigenvalue weighted by Crippen LogP contribution is 2.50. The first-order valence-electron chi connectivity index (χ1n) is 11.8. The van der Waals surface area contributed by atoms with Gasteiger partial charge in [-0.3, -0.25) is 0 Å². The van der Waals surface area contributed by atoms with Crippen molar-refractivity contribution in [1.29, 1.82) is 0 Å². The smallest absolute Gasteiger partial charge is 0.340 e. The van der Waals surface area contributed by atoms with E-state index in [1.165, 1.54) is 0 Å². The minimum absolute atomic E-state index is 0.304. The van der Waals surface area contributed by atoms with Crippen LogP contribution in [-0.2, 0) is 10.3 Å². The molecule has 0 bridgehead atoms. The number of fused-ring (bicyclic) bond motifs is 2. The molecule has 1 heterocycles. The summed E-state index contributed by atoms with van der Waals surface area (Å²) in [5.41, 5.74) is 5.48. The Kier molecular flexibility index (Phi) is 5.43. The van der Waals surface area contributed by atoms with E-state index in [0.717, 1.165) is 44.5 Å². The monoisotopic (exact) mass is 465 g/mol. The molecule has 0 aromatic heterocycles. The zero-order chi connectivity index (χ0) is 24.9. The van der Waals surface area contributed by atoms with Crippen molar-refractivity contribution < 1.29 is 9.53 Å². The quantitative estimate of drug-likeness (QED) is 0.364. The molecule has 1 aliphatic heterocycles. The van der Waals surface area contributed by atoms with Crippen LogP contribution in [0.3, 0.4) is 0 Å². The predicted octanol–water partition coefficient (Wildman–Crippen LogP) is 5.50. The van der Waals surface area contributed by atoms with E-state index in [9.17, 15) is 4.79 Å². The molecule has 0 fully saturated rings. The van der Waals surface area contributed by atoms with Crippen LogP contribution < -0.4 is 14.7 Å². The van der Waals surface area contributed by atoms with Gasteiger partial charge in [-0.1, -0.05) is 48.5 Å². The highest BCUT2D eigenvalue weighted by molar-refractivity contribution is 6.01. The average molecular weight is 466 g/mol. The highest BCUT2D eigenvalue weighted by Gasteiger charge is 2.49. The van der Waals surface area contributed by atoms with E-state index in [1.807, 2.05) is 65.4 Å². The number of hydrogen-bond donors (Lipinski definition) is 0. The number of carbonyl (C=O) groups excluding carboxylic acids is 1. The van der Waals surface area contributed by atoms with Crippen LogP contribution in [0.15, 0.2) is 78.9 Å². The Morgan fingerprint density at radius 1 is 0.629 bits per heavy atom. The van der Waals surface area contributed by atoms with Gasteiger partial charge >= 0.3 is 5.97 Å². The first kappa shape index (κ1) is 22.8. The molecule has 5 heteroatoms. The molecule has 0 saturated heterocycles. The molecular formula is C30H31N3O2. The lowest BCUT2D eigenvalue weighted by molar-refractivity contribution is 0.0256. The maximum absolute atomic E-state index is 13.4. The third kappa shape index (κ3) is 3.50. The second-order valence-corrected chi connectivity index (χ2v) is 9.71. The van der Waals surface area contributed by atoms with Gasteiger partial charge in [-0.25, -0.2) is 4.79 Å². The summed E-state index contributed by atoms with van der Waals surface area (Å²) in [6.07, 6.45) is 0. The van der Waals surface area contributed by atoms with E-state index in [0.29, 0.717) is 5.56 Å². The first-order chi connectivity index (χ1) is 16.7. The first-order valence-corrected chi connectivity index (χ1v) is 11.8. The molecule has 1 atom stereocenters. The van der Waals surface area contributed by atoms with Crippen LogP contribution in [0.2, 0.25) is 0 Å². The molecule has 178 valence electrons. The summed E-state index contributed by atoms with van der Waals surface area (Å²) >= 11 is 0. The molecule has 4 aromatic rings. The van der Waals surface area contributed by atoms with Gasteiger partial charge in [-0.2, -0.15) is 0 Å². The number of nitrogens with zero attached hydrogens (tertiary/aromatic N) is 3. The molecule has 1 unspecified atom stereocenters. The maximum atomic E-state index is 13.4. The van der Waals surface area contributed by atoms with Crippen molar-refractivity contribution in [2.24, 2.45) is 0 Å². The lowest BCUT2D eigenvalue weighted by atomic mass is 9.77. The Balaban J connectivity index is 1.85. The predicted molar refractivity (Wildman–Crippen MR) is 145 cm³/mol. The average Bonchev–Trinajstić information content (AvgIpc) is 3.15. The molecular weight excluding hydrogens is 434 g/mol. The fourth-order valence-electron chi connectivity index (χ4n) is 5.08. The molecule has 35 heavy (non-hydrogen) atoms. The summed E-state index contributed by atoms with van der Waals surface area (Å²) in [4.78, 5) is 19.6. The van der Waals surface area contributed by atoms with Crippen molar-refractivity contribution in [2.75, 3.05) is 57.0 Å². The molecule has 0 spiro atoms. The largest absolute Gasteiger partial charge is 0.441 e. The van der Waals surface area contributed by atoms with Crippen LogP contribution in [0.4, 0.5) is 17.1 Å². The van der Waals surface area contributed by atoms with Crippen molar-refractivity contribution in [3.05, 3.63) is 101 Å². The molecule has 0 N–H and O–H groups in total. The van der Waals surface area contributed by atoms with Crippen LogP contribution in [0.1, 0.15) is 27.0 Å². The van der Waals surface area contributed by atoms with Crippen LogP contribution in [0.5, 0.6) is 0 Å².